The molecule has 0 spiro atoms. The Balaban J connectivity index is 1.94. The molecule has 1 amide bonds. The van der Waals surface area contributed by atoms with E-state index in [1.165, 1.54) is 11.3 Å². The van der Waals surface area contributed by atoms with Crippen molar-refractivity contribution in [2.24, 2.45) is 0 Å². The molecule has 1 heterocycles. The number of aromatic nitrogens is 1. The van der Waals surface area contributed by atoms with Gasteiger partial charge in [0, 0.05) is 24.0 Å². The van der Waals surface area contributed by atoms with E-state index in [1.54, 1.807) is 17.2 Å². The maximum absolute atomic E-state index is 12.6. The highest BCUT2D eigenvalue weighted by molar-refractivity contribution is 7.13. The van der Waals surface area contributed by atoms with E-state index >= 15 is 0 Å². The van der Waals surface area contributed by atoms with Crippen LogP contribution in [0.1, 0.15) is 50.7 Å². The Morgan fingerprint density at radius 1 is 1.11 bits per heavy atom. The summed E-state index contributed by atoms with van der Waals surface area (Å²) in [5.74, 6) is -0.793. The van der Waals surface area contributed by atoms with E-state index in [0.717, 1.165) is 5.56 Å². The van der Waals surface area contributed by atoms with Crippen molar-refractivity contribution in [1.82, 2.24) is 9.88 Å². The first kappa shape index (κ1) is 20.9. The van der Waals surface area contributed by atoms with Crippen LogP contribution in [0, 0.1) is 0 Å². The van der Waals surface area contributed by atoms with Gasteiger partial charge in [-0.3, -0.25) is 4.79 Å². The highest BCUT2D eigenvalue weighted by atomic mass is 32.1. The van der Waals surface area contributed by atoms with Crippen molar-refractivity contribution in [3.05, 3.63) is 47.0 Å². The molecule has 1 unspecified atom stereocenters. The Kier molecular flexibility index (Phi) is 7.36. The molecule has 0 aliphatic carbocycles. The van der Waals surface area contributed by atoms with Crippen LogP contribution in [-0.4, -0.2) is 39.9 Å². The number of nitrogens with one attached hydrogen (secondary N) is 1. The molecule has 0 radical (unpaired) electrons. The molecular formula is C20H27N3O3S. The number of amides is 1. The Morgan fingerprint density at radius 3 is 2.33 bits per heavy atom. The molecule has 1 aromatic carbocycles. The number of carbonyl (C=O) groups is 2. The minimum Gasteiger partial charge on any atom is -0.448 e. The lowest BCUT2D eigenvalue weighted by molar-refractivity contribution is -0.143. The number of esters is 1. The lowest BCUT2D eigenvalue weighted by Crippen LogP contribution is -2.47. The van der Waals surface area contributed by atoms with Gasteiger partial charge >= 0.3 is 5.97 Å². The summed E-state index contributed by atoms with van der Waals surface area (Å²) in [7, 11) is 0. The Labute approximate surface area is 164 Å². The van der Waals surface area contributed by atoms with Crippen LogP contribution < -0.4 is 5.32 Å². The molecule has 7 heteroatoms. The Hall–Kier alpha value is -2.41. The van der Waals surface area contributed by atoms with Crippen LogP contribution in [0.5, 0.6) is 0 Å². The second kappa shape index (κ2) is 9.50. The summed E-state index contributed by atoms with van der Waals surface area (Å²) in [5, 5.41) is 5.45. The molecule has 27 heavy (non-hydrogen) atoms. The number of rotatable bonds is 8. The topological polar surface area (TPSA) is 71.5 Å². The first-order valence-corrected chi connectivity index (χ1v) is 9.94. The summed E-state index contributed by atoms with van der Waals surface area (Å²) in [4.78, 5) is 30.9. The smallest absolute Gasteiger partial charge is 0.358 e. The highest BCUT2D eigenvalue weighted by Gasteiger charge is 2.28. The van der Waals surface area contributed by atoms with Gasteiger partial charge in [-0.05, 0) is 40.2 Å². The van der Waals surface area contributed by atoms with Gasteiger partial charge in [-0.2, -0.15) is 0 Å². The molecule has 146 valence electrons. The summed E-state index contributed by atoms with van der Waals surface area (Å²) in [6.07, 6.45) is -0.857. The molecule has 1 atom stereocenters. The number of benzene rings is 1. The van der Waals surface area contributed by atoms with Gasteiger partial charge in [0.1, 0.15) is 0 Å². The fourth-order valence-corrected chi connectivity index (χ4v) is 3.49. The molecule has 0 aliphatic rings. The summed E-state index contributed by atoms with van der Waals surface area (Å²) < 4.78 is 5.34. The standard InChI is InChI=1S/C20H27N3O3S/c1-13(2)23(14(3)4)18(24)15(5)26-19(25)17-12-27-20(22-17)21-11-16-9-7-6-8-10-16/h6-10,12-15H,11H2,1-5H3,(H,21,22). The molecule has 2 rings (SSSR count). The van der Waals surface area contributed by atoms with E-state index in [0.29, 0.717) is 11.7 Å². The molecule has 0 saturated heterocycles. The van der Waals surface area contributed by atoms with Gasteiger partial charge in [-0.25, -0.2) is 9.78 Å². The van der Waals surface area contributed by atoms with Crippen molar-refractivity contribution in [3.8, 4) is 0 Å². The molecule has 1 N–H and O–H groups in total. The molecule has 0 fully saturated rings. The van der Waals surface area contributed by atoms with Crippen LogP contribution in [0.4, 0.5) is 5.13 Å². The second-order valence-electron chi connectivity index (χ2n) is 6.86. The van der Waals surface area contributed by atoms with Gasteiger partial charge < -0.3 is 15.0 Å². The van der Waals surface area contributed by atoms with E-state index < -0.39 is 12.1 Å². The third-order valence-electron chi connectivity index (χ3n) is 4.00. The van der Waals surface area contributed by atoms with Gasteiger partial charge in [0.15, 0.2) is 16.9 Å². The largest absolute Gasteiger partial charge is 0.448 e. The van der Waals surface area contributed by atoms with Gasteiger partial charge in [0.05, 0.1) is 0 Å². The average Bonchev–Trinajstić information content (AvgIpc) is 3.09. The van der Waals surface area contributed by atoms with Crippen LogP contribution in [0.2, 0.25) is 0 Å². The molecule has 6 nitrogen and oxygen atoms in total. The van der Waals surface area contributed by atoms with Crippen molar-refractivity contribution in [1.29, 1.82) is 0 Å². The van der Waals surface area contributed by atoms with Crippen molar-refractivity contribution < 1.29 is 14.3 Å². The van der Waals surface area contributed by atoms with E-state index in [4.69, 9.17) is 4.74 Å². The monoisotopic (exact) mass is 389 g/mol. The van der Waals surface area contributed by atoms with E-state index in [1.807, 2.05) is 58.0 Å². The molecule has 2 aromatic rings. The number of hydrogen-bond acceptors (Lipinski definition) is 6. The fraction of sp³-hybridized carbons (Fsp3) is 0.450. The third kappa shape index (κ3) is 5.79. The molecular weight excluding hydrogens is 362 g/mol. The van der Waals surface area contributed by atoms with Gasteiger partial charge in [0.25, 0.3) is 5.91 Å². The SMILES string of the molecule is CC(OC(=O)c1csc(NCc2ccccc2)n1)C(=O)N(C(C)C)C(C)C. The van der Waals surface area contributed by atoms with Crippen molar-refractivity contribution in [2.75, 3.05) is 5.32 Å². The zero-order valence-electron chi connectivity index (χ0n) is 16.4. The predicted molar refractivity (Wildman–Crippen MR) is 108 cm³/mol. The minimum atomic E-state index is -0.857. The number of carbonyl (C=O) groups excluding carboxylic acids is 2. The second-order valence-corrected chi connectivity index (χ2v) is 7.72. The molecule has 0 saturated carbocycles. The van der Waals surface area contributed by atoms with Crippen molar-refractivity contribution in [3.63, 3.8) is 0 Å². The Morgan fingerprint density at radius 2 is 1.74 bits per heavy atom. The normalized spacial score (nSPS) is 12.1. The lowest BCUT2D eigenvalue weighted by atomic mass is 10.2. The molecule has 0 bridgehead atoms. The van der Waals surface area contributed by atoms with E-state index in [-0.39, 0.29) is 23.7 Å². The summed E-state index contributed by atoms with van der Waals surface area (Å²) in [6, 6.07) is 9.99. The van der Waals surface area contributed by atoms with Crippen LogP contribution in [-0.2, 0) is 16.1 Å². The maximum Gasteiger partial charge on any atom is 0.358 e. The predicted octanol–water partition coefficient (Wildman–Crippen LogP) is 3.95. The summed E-state index contributed by atoms with van der Waals surface area (Å²) in [6.45, 7) is 9.98. The van der Waals surface area contributed by atoms with Crippen LogP contribution in [0.3, 0.4) is 0 Å². The van der Waals surface area contributed by atoms with Gasteiger partial charge in [-0.15, -0.1) is 11.3 Å². The first-order chi connectivity index (χ1) is 12.8. The van der Waals surface area contributed by atoms with Gasteiger partial charge in [-0.1, -0.05) is 30.3 Å². The number of ether oxygens (including phenoxy) is 1. The fourth-order valence-electron chi connectivity index (χ4n) is 2.81. The quantitative estimate of drug-likeness (QED) is 0.692. The Bertz CT molecular complexity index is 751. The van der Waals surface area contributed by atoms with Gasteiger partial charge in [0.2, 0.25) is 0 Å². The highest BCUT2D eigenvalue weighted by Crippen LogP contribution is 2.18. The zero-order valence-corrected chi connectivity index (χ0v) is 17.2. The van der Waals surface area contributed by atoms with Crippen LogP contribution >= 0.6 is 11.3 Å². The summed E-state index contributed by atoms with van der Waals surface area (Å²) in [5.41, 5.74) is 1.33. The minimum absolute atomic E-state index is 0.0340. The number of hydrogen-bond donors (Lipinski definition) is 1. The van der Waals surface area contributed by atoms with Crippen molar-refractivity contribution >= 4 is 28.3 Å². The molecule has 0 aliphatic heterocycles. The van der Waals surface area contributed by atoms with Crippen LogP contribution in [0.15, 0.2) is 35.7 Å². The molecule has 1 aromatic heterocycles. The van der Waals surface area contributed by atoms with Crippen LogP contribution in [0.25, 0.3) is 0 Å². The van der Waals surface area contributed by atoms with E-state index in [9.17, 15) is 9.59 Å². The lowest BCUT2D eigenvalue weighted by Gasteiger charge is -2.32. The zero-order chi connectivity index (χ0) is 20.0. The van der Waals surface area contributed by atoms with Crippen molar-refractivity contribution in [2.45, 2.75) is 59.4 Å². The third-order valence-corrected chi connectivity index (χ3v) is 4.80. The summed E-state index contributed by atoms with van der Waals surface area (Å²) >= 11 is 1.33. The average molecular weight is 390 g/mol. The first-order valence-electron chi connectivity index (χ1n) is 9.06. The maximum atomic E-state index is 12.6. The number of thiazole rings is 1. The number of nitrogens with zero attached hydrogens (tertiary/aromatic N) is 2. The van der Waals surface area contributed by atoms with E-state index in [2.05, 4.69) is 10.3 Å². The number of anilines is 1.